The van der Waals surface area contributed by atoms with Gasteiger partial charge in [0.05, 0.1) is 5.69 Å². The molecule has 6 nitrogen and oxygen atoms in total. The average Bonchev–Trinajstić information content (AvgIpc) is 2.85. The van der Waals surface area contributed by atoms with Crippen LogP contribution in [0.1, 0.15) is 43.0 Å². The second kappa shape index (κ2) is 4.89. The van der Waals surface area contributed by atoms with Gasteiger partial charge in [-0.15, -0.1) is 0 Å². The molecule has 18 heavy (non-hydrogen) atoms. The van der Waals surface area contributed by atoms with E-state index in [1.54, 1.807) is 11.0 Å². The number of aryl methyl sites for hydroxylation is 2. The Labute approximate surface area is 107 Å². The minimum absolute atomic E-state index is 0.0969. The average molecular weight is 248 g/mol. The summed E-state index contributed by atoms with van der Waals surface area (Å²) in [6.07, 6.45) is 4.22. The number of hydrogen-bond acceptors (Lipinski definition) is 4. The maximum Gasteiger partial charge on any atom is 0.138 e. The van der Waals surface area contributed by atoms with Crippen LogP contribution in [0.3, 0.4) is 0 Å². The SMILES string of the molecule is Cc1nn(C)cc1C(N)Cc1ncnn1C(C)C. The van der Waals surface area contributed by atoms with E-state index in [1.165, 1.54) is 0 Å². The molecule has 2 rings (SSSR count). The molecule has 0 aliphatic carbocycles. The molecule has 6 heteroatoms. The van der Waals surface area contributed by atoms with Crippen LogP contribution in [0.4, 0.5) is 0 Å². The first-order chi connectivity index (χ1) is 8.49. The molecule has 0 aliphatic rings. The van der Waals surface area contributed by atoms with E-state index in [0.29, 0.717) is 12.5 Å². The molecule has 0 saturated carbocycles. The highest BCUT2D eigenvalue weighted by Crippen LogP contribution is 2.18. The minimum atomic E-state index is -0.0969. The molecule has 0 amide bonds. The van der Waals surface area contributed by atoms with Gasteiger partial charge < -0.3 is 5.73 Å². The lowest BCUT2D eigenvalue weighted by Crippen LogP contribution is -2.18. The Morgan fingerprint density at radius 2 is 2.11 bits per heavy atom. The van der Waals surface area contributed by atoms with Gasteiger partial charge >= 0.3 is 0 Å². The number of nitrogens with two attached hydrogens (primary N) is 1. The molecular formula is C12H20N6. The van der Waals surface area contributed by atoms with Crippen LogP contribution < -0.4 is 5.73 Å². The zero-order chi connectivity index (χ0) is 13.3. The van der Waals surface area contributed by atoms with Gasteiger partial charge in [-0.1, -0.05) is 0 Å². The first-order valence-corrected chi connectivity index (χ1v) is 6.13. The van der Waals surface area contributed by atoms with Gasteiger partial charge in [-0.2, -0.15) is 10.2 Å². The van der Waals surface area contributed by atoms with E-state index in [2.05, 4.69) is 29.0 Å². The van der Waals surface area contributed by atoms with Crippen LogP contribution in [0, 0.1) is 6.92 Å². The summed E-state index contributed by atoms with van der Waals surface area (Å²) in [7, 11) is 1.90. The Morgan fingerprint density at radius 3 is 2.67 bits per heavy atom. The van der Waals surface area contributed by atoms with E-state index in [9.17, 15) is 0 Å². The van der Waals surface area contributed by atoms with Crippen LogP contribution in [-0.4, -0.2) is 24.5 Å². The van der Waals surface area contributed by atoms with Gasteiger partial charge in [-0.05, 0) is 20.8 Å². The fourth-order valence-corrected chi connectivity index (χ4v) is 2.14. The van der Waals surface area contributed by atoms with E-state index >= 15 is 0 Å². The topological polar surface area (TPSA) is 74.6 Å². The first-order valence-electron chi connectivity index (χ1n) is 6.13. The highest BCUT2D eigenvalue weighted by atomic mass is 15.3. The van der Waals surface area contributed by atoms with Crippen molar-refractivity contribution in [3.8, 4) is 0 Å². The lowest BCUT2D eigenvalue weighted by Gasteiger charge is -2.13. The number of hydrogen-bond donors (Lipinski definition) is 1. The van der Waals surface area contributed by atoms with E-state index in [0.717, 1.165) is 17.1 Å². The van der Waals surface area contributed by atoms with Gasteiger partial charge in [-0.25, -0.2) is 9.67 Å². The molecule has 2 aromatic rings. The van der Waals surface area contributed by atoms with Crippen molar-refractivity contribution in [1.29, 1.82) is 0 Å². The molecule has 2 N–H and O–H groups in total. The van der Waals surface area contributed by atoms with Gasteiger partial charge in [-0.3, -0.25) is 4.68 Å². The van der Waals surface area contributed by atoms with Crippen LogP contribution >= 0.6 is 0 Å². The molecule has 1 atom stereocenters. The molecule has 0 fully saturated rings. The van der Waals surface area contributed by atoms with Crippen molar-refractivity contribution in [1.82, 2.24) is 24.5 Å². The molecule has 0 radical (unpaired) electrons. The van der Waals surface area contributed by atoms with Crippen molar-refractivity contribution >= 4 is 0 Å². The molecule has 98 valence electrons. The zero-order valence-electron chi connectivity index (χ0n) is 11.3. The predicted molar refractivity (Wildman–Crippen MR) is 69.0 cm³/mol. The third-order valence-electron chi connectivity index (χ3n) is 2.99. The molecule has 0 aliphatic heterocycles. The van der Waals surface area contributed by atoms with E-state index in [-0.39, 0.29) is 6.04 Å². The fraction of sp³-hybridized carbons (Fsp3) is 0.583. The van der Waals surface area contributed by atoms with Crippen LogP contribution in [0.2, 0.25) is 0 Å². The van der Waals surface area contributed by atoms with Crippen molar-refractivity contribution in [2.24, 2.45) is 12.8 Å². The Hall–Kier alpha value is -1.69. The Balaban J connectivity index is 2.18. The Bertz CT molecular complexity index is 524. The smallest absolute Gasteiger partial charge is 0.138 e. The highest BCUT2D eigenvalue weighted by Gasteiger charge is 2.16. The van der Waals surface area contributed by atoms with Gasteiger partial charge in [0.25, 0.3) is 0 Å². The van der Waals surface area contributed by atoms with E-state index < -0.39 is 0 Å². The molecular weight excluding hydrogens is 228 g/mol. The lowest BCUT2D eigenvalue weighted by atomic mass is 10.1. The first kappa shape index (κ1) is 12.8. The van der Waals surface area contributed by atoms with Crippen molar-refractivity contribution < 1.29 is 0 Å². The normalized spacial score (nSPS) is 13.2. The maximum absolute atomic E-state index is 6.23. The maximum atomic E-state index is 6.23. The lowest BCUT2D eigenvalue weighted by molar-refractivity contribution is 0.493. The quantitative estimate of drug-likeness (QED) is 0.880. The molecule has 0 bridgehead atoms. The zero-order valence-corrected chi connectivity index (χ0v) is 11.3. The molecule has 0 aromatic carbocycles. The summed E-state index contributed by atoms with van der Waals surface area (Å²) in [6, 6.07) is 0.199. The summed E-state index contributed by atoms with van der Waals surface area (Å²) in [4.78, 5) is 4.28. The Kier molecular flexibility index (Phi) is 3.47. The second-order valence-electron chi connectivity index (χ2n) is 4.87. The van der Waals surface area contributed by atoms with Crippen molar-refractivity contribution in [3.63, 3.8) is 0 Å². The van der Waals surface area contributed by atoms with Gasteiger partial charge in [0.1, 0.15) is 12.2 Å². The van der Waals surface area contributed by atoms with E-state index in [4.69, 9.17) is 5.73 Å². The summed E-state index contributed by atoms with van der Waals surface area (Å²) < 4.78 is 3.70. The summed E-state index contributed by atoms with van der Waals surface area (Å²) in [5.74, 6) is 0.917. The molecule has 2 heterocycles. The van der Waals surface area contributed by atoms with Crippen molar-refractivity contribution in [3.05, 3.63) is 29.6 Å². The van der Waals surface area contributed by atoms with Gasteiger partial charge in [0.15, 0.2) is 0 Å². The fourth-order valence-electron chi connectivity index (χ4n) is 2.14. The third-order valence-corrected chi connectivity index (χ3v) is 2.99. The van der Waals surface area contributed by atoms with Gasteiger partial charge in [0, 0.05) is 37.3 Å². The molecule has 0 spiro atoms. The largest absolute Gasteiger partial charge is 0.323 e. The predicted octanol–water partition coefficient (Wildman–Crippen LogP) is 1.14. The monoisotopic (exact) mass is 248 g/mol. The van der Waals surface area contributed by atoms with Crippen molar-refractivity contribution in [2.45, 2.75) is 39.3 Å². The standard InChI is InChI=1S/C12H20N6/c1-8(2)18-12(14-7-15-18)5-11(13)10-6-17(4)16-9(10)3/h6-8,11H,5,13H2,1-4H3. The number of aromatic nitrogens is 5. The number of nitrogens with zero attached hydrogens (tertiary/aromatic N) is 5. The van der Waals surface area contributed by atoms with Crippen LogP contribution in [0.5, 0.6) is 0 Å². The second-order valence-corrected chi connectivity index (χ2v) is 4.87. The van der Waals surface area contributed by atoms with Crippen LogP contribution in [-0.2, 0) is 13.5 Å². The van der Waals surface area contributed by atoms with Crippen molar-refractivity contribution in [2.75, 3.05) is 0 Å². The molecule has 1 unspecified atom stereocenters. The summed E-state index contributed by atoms with van der Waals surface area (Å²) in [5.41, 5.74) is 8.27. The van der Waals surface area contributed by atoms with Crippen LogP contribution in [0.15, 0.2) is 12.5 Å². The van der Waals surface area contributed by atoms with E-state index in [1.807, 2.05) is 24.9 Å². The molecule has 0 saturated heterocycles. The number of rotatable bonds is 4. The highest BCUT2D eigenvalue weighted by molar-refractivity contribution is 5.20. The summed E-state index contributed by atoms with van der Waals surface area (Å²) >= 11 is 0. The van der Waals surface area contributed by atoms with Gasteiger partial charge in [0.2, 0.25) is 0 Å². The third kappa shape index (κ3) is 2.43. The molecule has 2 aromatic heterocycles. The van der Waals surface area contributed by atoms with Crippen LogP contribution in [0.25, 0.3) is 0 Å². The Morgan fingerprint density at radius 1 is 1.39 bits per heavy atom. The summed E-state index contributed by atoms with van der Waals surface area (Å²) in [5, 5.41) is 8.53. The minimum Gasteiger partial charge on any atom is -0.323 e. The summed E-state index contributed by atoms with van der Waals surface area (Å²) in [6.45, 7) is 6.14.